The summed E-state index contributed by atoms with van der Waals surface area (Å²) in [6.45, 7) is 14.2. The van der Waals surface area contributed by atoms with Crippen LogP contribution in [0.1, 0.15) is 97.5 Å². The van der Waals surface area contributed by atoms with Gasteiger partial charge >= 0.3 is 17.9 Å². The average Bonchev–Trinajstić information content (AvgIpc) is 1.53. The molecule has 10 saturated heterocycles. The Hall–Kier alpha value is -3.28. The molecule has 0 aliphatic carbocycles. The van der Waals surface area contributed by atoms with Gasteiger partial charge in [0.1, 0.15) is 103 Å². The highest BCUT2D eigenvalue weighted by atomic mass is 35.5. The van der Waals surface area contributed by atoms with Crippen molar-refractivity contribution in [2.45, 2.75) is 277 Å². The minimum Gasteiger partial charge on any atom is -0.507 e. The summed E-state index contributed by atoms with van der Waals surface area (Å²) in [5.41, 5.74) is -3.57. The highest BCUT2D eigenvalue weighted by molar-refractivity contribution is 6.33. The molecule has 10 aliphatic heterocycles. The third kappa shape index (κ3) is 12.6. The Balaban J connectivity index is 0.717. The van der Waals surface area contributed by atoms with Gasteiger partial charge in [0.25, 0.3) is 5.97 Å². The summed E-state index contributed by atoms with van der Waals surface area (Å²) in [6.07, 6.45) is -33.9. The minimum absolute atomic E-state index is 0.0144. The highest BCUT2D eigenvalue weighted by Crippen LogP contribution is 2.53. The van der Waals surface area contributed by atoms with Crippen LogP contribution in [-0.4, -0.2) is 282 Å². The van der Waals surface area contributed by atoms with E-state index in [1.807, 2.05) is 0 Å². The quantitative estimate of drug-likeness (QED) is 0.0962. The van der Waals surface area contributed by atoms with Crippen LogP contribution in [-0.2, 0) is 109 Å². The van der Waals surface area contributed by atoms with Crippen LogP contribution in [0.4, 0.5) is 0 Å². The molecule has 0 amide bonds. The van der Waals surface area contributed by atoms with Crippen molar-refractivity contribution in [3.63, 3.8) is 0 Å². The van der Waals surface area contributed by atoms with Gasteiger partial charge in [-0.3, -0.25) is 9.59 Å². The van der Waals surface area contributed by atoms with Crippen LogP contribution < -0.4 is 0 Å². The van der Waals surface area contributed by atoms with Crippen LogP contribution >= 0.6 is 11.6 Å². The molecule has 0 radical (unpaired) electrons. The molecule has 31 atom stereocenters. The first kappa shape index (κ1) is 70.1. The number of aliphatic hydroxyl groups is 6. The van der Waals surface area contributed by atoms with Gasteiger partial charge in [-0.1, -0.05) is 25.4 Å². The molecule has 0 aromatic heterocycles. The Labute approximate surface area is 533 Å². The molecule has 1 aromatic rings. The lowest BCUT2D eigenvalue weighted by Crippen LogP contribution is -2.72. The maximum atomic E-state index is 13.4. The Kier molecular flexibility index (Phi) is 20.5. The number of phenols is 2. The van der Waals surface area contributed by atoms with E-state index in [1.165, 1.54) is 35.0 Å². The van der Waals surface area contributed by atoms with E-state index in [-0.39, 0.29) is 48.8 Å². The van der Waals surface area contributed by atoms with E-state index in [9.17, 15) is 55.2 Å². The first-order valence-electron chi connectivity index (χ1n) is 30.8. The van der Waals surface area contributed by atoms with E-state index in [4.69, 9.17) is 111 Å². The van der Waals surface area contributed by atoms with Crippen LogP contribution in [0.25, 0.3) is 0 Å². The van der Waals surface area contributed by atoms with Gasteiger partial charge in [0.2, 0.25) is 6.29 Å². The maximum Gasteiger partial charge on any atom is 0.342 e. The molecule has 0 saturated carbocycles. The number of benzene rings is 1. The monoisotopic (exact) mass is 1340 g/mol. The second-order valence-corrected chi connectivity index (χ2v) is 26.0. The number of ether oxygens (including phenoxy) is 21. The van der Waals surface area contributed by atoms with Crippen LogP contribution in [0, 0.1) is 12.8 Å². The summed E-state index contributed by atoms with van der Waals surface area (Å²) in [4.78, 5) is 39.4. The lowest BCUT2D eigenvalue weighted by atomic mass is 9.81. The van der Waals surface area contributed by atoms with Crippen molar-refractivity contribution in [2.24, 2.45) is 5.92 Å². The van der Waals surface area contributed by atoms with Gasteiger partial charge in [-0.05, 0) is 61.0 Å². The number of hydrogen-bond acceptors (Lipinski definition) is 32. The molecule has 1 unspecified atom stereocenters. The summed E-state index contributed by atoms with van der Waals surface area (Å²) >= 11 is 6.11. The number of ketones is 1. The molecule has 11 rings (SSSR count). The molecule has 10 heterocycles. The Morgan fingerprint density at radius 2 is 1.36 bits per heavy atom. The van der Waals surface area contributed by atoms with Crippen molar-refractivity contribution in [3.8, 4) is 11.5 Å². The predicted octanol–water partition coefficient (Wildman–Crippen LogP) is -0.558. The largest absolute Gasteiger partial charge is 0.507 e. The zero-order valence-electron chi connectivity index (χ0n) is 52.7. The third-order valence-electron chi connectivity index (χ3n) is 18.9. The van der Waals surface area contributed by atoms with E-state index in [1.54, 1.807) is 48.5 Å². The SMILES string of the molecule is CO[C@@H]1[C@H](O[C@H]2OC[C@@H]3O[C@]4(O[C@H]3[C@H]2OC(=O)C(C)C)O[C@H](C)[C@@](O)(C(C)=O)[C@@H]2OCO[C@H]24)O[C@H](CO)[C@@H](O[C@@H]2O[C@H](C)[C@H](OC)[C@H](O[C@H]3C[C@@]4(C)OC5(C[C@@H](O)[C@H](O[C@H]6C[C@@H](O)[C@H](OC(=O)c7c(O)cc(O)c(Cl)c7C)[C@@H](C)O6)[C@@H](C)O5)O[C@@H]4[C@@H](C)O3)[C@H]2O)[C@@H]1O. The van der Waals surface area contributed by atoms with Crippen LogP contribution in [0.5, 0.6) is 11.5 Å². The first-order valence-corrected chi connectivity index (χ1v) is 31.2. The first-order chi connectivity index (χ1) is 43.4. The second-order valence-electron chi connectivity index (χ2n) is 25.7. The summed E-state index contributed by atoms with van der Waals surface area (Å²) in [5.74, 6) is -7.92. The third-order valence-corrected chi connectivity index (χ3v) is 19.4. The van der Waals surface area contributed by atoms with E-state index in [0.717, 1.165) is 6.07 Å². The lowest BCUT2D eigenvalue weighted by molar-refractivity contribution is -0.428. The van der Waals surface area contributed by atoms with Crippen molar-refractivity contribution < 1.29 is 155 Å². The number of esters is 2. The number of phenolic OH excluding ortho intramolecular Hbond substituents is 2. The molecule has 1 aromatic carbocycles. The number of aromatic hydroxyl groups is 2. The van der Waals surface area contributed by atoms with Crippen LogP contribution in [0.2, 0.25) is 5.02 Å². The molecule has 33 heteroatoms. The maximum absolute atomic E-state index is 13.4. The molecular formula is C59H85ClO32. The number of methoxy groups -OCH3 is 2. The fourth-order valence-electron chi connectivity index (χ4n) is 14.2. The Morgan fingerprint density at radius 3 is 2.02 bits per heavy atom. The summed E-state index contributed by atoms with van der Waals surface area (Å²) in [5, 5.41) is 89.8. The summed E-state index contributed by atoms with van der Waals surface area (Å²) in [7, 11) is 2.65. The van der Waals surface area contributed by atoms with Crippen molar-refractivity contribution in [1.82, 2.24) is 0 Å². The number of fused-ring (bicyclic) bond motifs is 4. The molecule has 8 N–H and O–H groups in total. The van der Waals surface area contributed by atoms with Crippen LogP contribution in [0.15, 0.2) is 6.07 Å². The number of hydrogen-bond donors (Lipinski definition) is 8. The van der Waals surface area contributed by atoms with Crippen molar-refractivity contribution in [1.29, 1.82) is 0 Å². The fraction of sp³-hybridized carbons (Fsp3) is 0.847. The number of halogens is 1. The average molecular weight is 1340 g/mol. The second kappa shape index (κ2) is 26.9. The minimum atomic E-state index is -2.14. The summed E-state index contributed by atoms with van der Waals surface area (Å²) in [6, 6.07) is 0.907. The fourth-order valence-corrected chi connectivity index (χ4v) is 14.4. The summed E-state index contributed by atoms with van der Waals surface area (Å²) < 4.78 is 130. The lowest BCUT2D eigenvalue weighted by Gasteiger charge is -2.49. The van der Waals surface area contributed by atoms with E-state index >= 15 is 0 Å². The number of carbonyl (C=O) groups is 3. The van der Waals surface area contributed by atoms with Gasteiger partial charge in [-0.25, -0.2) is 4.79 Å². The molecule has 2 spiro atoms. The van der Waals surface area contributed by atoms with Crippen molar-refractivity contribution in [2.75, 3.05) is 34.2 Å². The Bertz CT molecular complexity index is 2800. The predicted molar refractivity (Wildman–Crippen MR) is 298 cm³/mol. The van der Waals surface area contributed by atoms with Gasteiger partial charge in [0.15, 0.2) is 54.9 Å². The number of carbonyl (C=O) groups excluding carboxylic acids is 3. The standard InChI is InChI=1S/C59H85ClO32/c1-20(2)51(69)84-47-44-33(89-59(90-44)50-49(75-19-76-50)58(71,26(8)62)27(9)88-59)18-74-54(47)86-55-46(73-12)38(67)43(32(17-61)80-55)85-53-39(68)45(42(72-11)23(5)79-53)82-35-16-56(10)48(25(7)78-35)91-57(92-56)15-31(66)41(24(6)87-57)81-34-14-30(65)40(22(4)77-34)83-52(70)36-21(3)37(60)29(64)13-28(36)63/h13,20,22-25,27,30-35,38-50,53-55,61,63-68,71H,14-19H2,1-12H3/t22-,23-,24-,25-,27-,30-,31-,32-,33+,34+,35+,38+,39-,40-,41-,42+,43-,44-,45-,46+,47-,48-,49-,50-,53+,54-,55+,56-,57?,58+,59-/m1/s1. The molecule has 520 valence electrons. The number of Topliss-reactive ketones (excluding diaryl/α,β-unsaturated/α-hetero) is 1. The van der Waals surface area contributed by atoms with Crippen LogP contribution in [0.3, 0.4) is 0 Å². The van der Waals surface area contributed by atoms with E-state index in [0.29, 0.717) is 0 Å². The zero-order chi connectivity index (χ0) is 66.6. The molecule has 92 heavy (non-hydrogen) atoms. The normalized spacial score (nSPS) is 48.5. The highest BCUT2D eigenvalue weighted by Gasteiger charge is 2.73. The molecule has 32 nitrogen and oxygen atoms in total. The molecular weight excluding hydrogens is 1260 g/mol. The molecule has 0 bridgehead atoms. The van der Waals surface area contributed by atoms with E-state index in [2.05, 4.69) is 0 Å². The van der Waals surface area contributed by atoms with Gasteiger partial charge in [-0.2, -0.15) is 0 Å². The van der Waals surface area contributed by atoms with Gasteiger partial charge in [0, 0.05) is 33.1 Å². The topological polar surface area (TPSA) is 407 Å². The van der Waals surface area contributed by atoms with Crippen molar-refractivity contribution >= 4 is 29.3 Å². The zero-order valence-corrected chi connectivity index (χ0v) is 53.5. The van der Waals surface area contributed by atoms with Crippen molar-refractivity contribution in [3.05, 3.63) is 22.2 Å². The van der Waals surface area contributed by atoms with Gasteiger partial charge < -0.3 is 140 Å². The van der Waals surface area contributed by atoms with Gasteiger partial charge in [-0.15, -0.1) is 0 Å². The Morgan fingerprint density at radius 1 is 0.674 bits per heavy atom. The molecule has 10 aliphatic rings. The van der Waals surface area contributed by atoms with E-state index < -0.39 is 231 Å². The molecule has 10 fully saturated rings. The number of rotatable bonds is 16. The smallest absolute Gasteiger partial charge is 0.342 e. The number of aliphatic hydroxyl groups excluding tert-OH is 5. The van der Waals surface area contributed by atoms with Gasteiger partial charge in [0.05, 0.1) is 73.3 Å².